The van der Waals surface area contributed by atoms with Gasteiger partial charge in [-0.2, -0.15) is 0 Å². The van der Waals surface area contributed by atoms with E-state index >= 15 is 0 Å². The number of aliphatic hydroxyl groups excluding tert-OH is 1. The number of benzene rings is 1. The SMILES string of the molecule is CO.O=C(O)CNC(=O)c1ccccc1. The summed E-state index contributed by atoms with van der Waals surface area (Å²) in [5.74, 6) is -1.42. The van der Waals surface area contributed by atoms with Gasteiger partial charge in [-0.05, 0) is 12.1 Å². The van der Waals surface area contributed by atoms with Crippen LogP contribution in [0.3, 0.4) is 0 Å². The second-order valence-corrected chi connectivity index (χ2v) is 2.44. The summed E-state index contributed by atoms with van der Waals surface area (Å²) in [7, 11) is 1.00. The standard InChI is InChI=1S/C9H9NO3.CH4O/c11-8(12)6-10-9(13)7-4-2-1-3-5-7;1-2/h1-5H,6H2,(H,10,13)(H,11,12);2H,1H3. The number of nitrogens with one attached hydrogen (secondary N) is 1. The largest absolute Gasteiger partial charge is 0.480 e. The van der Waals surface area contributed by atoms with E-state index in [0.717, 1.165) is 7.11 Å². The molecule has 5 heteroatoms. The molecule has 0 aliphatic heterocycles. The van der Waals surface area contributed by atoms with Gasteiger partial charge in [-0.15, -0.1) is 0 Å². The number of aliphatic hydroxyl groups is 1. The molecule has 0 bridgehead atoms. The summed E-state index contributed by atoms with van der Waals surface area (Å²) in [5.41, 5.74) is 0.462. The maximum atomic E-state index is 11.2. The van der Waals surface area contributed by atoms with Crippen LogP contribution in [0.5, 0.6) is 0 Å². The molecule has 1 amide bonds. The normalized spacial score (nSPS) is 8.40. The van der Waals surface area contributed by atoms with Crippen molar-refractivity contribution in [2.45, 2.75) is 0 Å². The second kappa shape index (κ2) is 7.52. The average molecular weight is 211 g/mol. The molecule has 15 heavy (non-hydrogen) atoms. The summed E-state index contributed by atoms with van der Waals surface area (Å²) in [4.78, 5) is 21.3. The molecule has 5 nitrogen and oxygen atoms in total. The third-order valence-electron chi connectivity index (χ3n) is 1.44. The van der Waals surface area contributed by atoms with Gasteiger partial charge in [-0.1, -0.05) is 18.2 Å². The van der Waals surface area contributed by atoms with Gasteiger partial charge >= 0.3 is 5.97 Å². The first-order chi connectivity index (χ1) is 7.20. The first-order valence-corrected chi connectivity index (χ1v) is 4.20. The lowest BCUT2D eigenvalue weighted by molar-refractivity contribution is -0.135. The monoisotopic (exact) mass is 211 g/mol. The summed E-state index contributed by atoms with van der Waals surface area (Å²) >= 11 is 0. The summed E-state index contributed by atoms with van der Waals surface area (Å²) in [6, 6.07) is 8.47. The topological polar surface area (TPSA) is 86.6 Å². The quantitative estimate of drug-likeness (QED) is 0.662. The van der Waals surface area contributed by atoms with Crippen molar-refractivity contribution in [1.29, 1.82) is 0 Å². The van der Waals surface area contributed by atoms with Crippen LogP contribution in [0.25, 0.3) is 0 Å². The van der Waals surface area contributed by atoms with Crippen LogP contribution in [0, 0.1) is 0 Å². The number of amides is 1. The van der Waals surface area contributed by atoms with Crippen LogP contribution < -0.4 is 5.32 Å². The number of carboxylic acid groups (broad SMARTS) is 1. The van der Waals surface area contributed by atoms with Gasteiger partial charge in [0.05, 0.1) is 0 Å². The van der Waals surface area contributed by atoms with Crippen molar-refractivity contribution in [2.24, 2.45) is 0 Å². The van der Waals surface area contributed by atoms with Gasteiger partial charge in [0.2, 0.25) is 0 Å². The molecule has 1 aromatic carbocycles. The minimum absolute atomic E-state index is 0.353. The third kappa shape index (κ3) is 5.43. The van der Waals surface area contributed by atoms with Gasteiger partial charge < -0.3 is 15.5 Å². The minimum atomic E-state index is -1.05. The number of carboxylic acids is 1. The molecule has 0 saturated carbocycles. The Bertz CT molecular complexity index is 310. The van der Waals surface area contributed by atoms with Crippen molar-refractivity contribution in [3.8, 4) is 0 Å². The zero-order valence-electron chi connectivity index (χ0n) is 8.30. The van der Waals surface area contributed by atoms with Crippen molar-refractivity contribution in [2.75, 3.05) is 13.7 Å². The average Bonchev–Trinajstić information content (AvgIpc) is 2.30. The van der Waals surface area contributed by atoms with Crippen LogP contribution in [0.1, 0.15) is 10.4 Å². The zero-order chi connectivity index (χ0) is 11.7. The van der Waals surface area contributed by atoms with E-state index in [0.29, 0.717) is 5.56 Å². The summed E-state index contributed by atoms with van der Waals surface area (Å²) in [5, 5.41) is 17.6. The maximum absolute atomic E-state index is 11.2. The van der Waals surface area contributed by atoms with Crippen molar-refractivity contribution >= 4 is 11.9 Å². The Balaban J connectivity index is 0.000000921. The Kier molecular flexibility index (Phi) is 6.57. The highest BCUT2D eigenvalue weighted by molar-refractivity contribution is 5.95. The molecule has 0 unspecified atom stereocenters. The molecule has 0 aliphatic rings. The summed E-state index contributed by atoms with van der Waals surface area (Å²) < 4.78 is 0. The van der Waals surface area contributed by atoms with Gasteiger partial charge in [0.25, 0.3) is 5.91 Å². The number of hydrogen-bond acceptors (Lipinski definition) is 3. The van der Waals surface area contributed by atoms with Crippen LogP contribution in [-0.4, -0.2) is 35.7 Å². The van der Waals surface area contributed by atoms with Crippen LogP contribution in [0.2, 0.25) is 0 Å². The van der Waals surface area contributed by atoms with Crippen LogP contribution in [0.15, 0.2) is 30.3 Å². The minimum Gasteiger partial charge on any atom is -0.480 e. The lowest BCUT2D eigenvalue weighted by Gasteiger charge is -2.00. The van der Waals surface area contributed by atoms with E-state index in [2.05, 4.69) is 5.32 Å². The molecule has 0 saturated heterocycles. The highest BCUT2D eigenvalue weighted by atomic mass is 16.4. The van der Waals surface area contributed by atoms with Crippen molar-refractivity contribution in [1.82, 2.24) is 5.32 Å². The van der Waals surface area contributed by atoms with Crippen molar-refractivity contribution < 1.29 is 19.8 Å². The third-order valence-corrected chi connectivity index (χ3v) is 1.44. The van der Waals surface area contributed by atoms with Crippen LogP contribution in [-0.2, 0) is 4.79 Å². The number of rotatable bonds is 3. The summed E-state index contributed by atoms with van der Waals surface area (Å²) in [6.07, 6.45) is 0. The van der Waals surface area contributed by atoms with E-state index in [1.807, 2.05) is 0 Å². The predicted molar refractivity (Wildman–Crippen MR) is 54.6 cm³/mol. The van der Waals surface area contributed by atoms with Gasteiger partial charge in [-0.25, -0.2) is 0 Å². The molecule has 0 spiro atoms. The Morgan fingerprint density at radius 3 is 2.20 bits per heavy atom. The molecule has 1 aromatic rings. The Morgan fingerprint density at radius 2 is 1.73 bits per heavy atom. The fourth-order valence-electron chi connectivity index (χ4n) is 0.847. The second-order valence-electron chi connectivity index (χ2n) is 2.44. The van der Waals surface area contributed by atoms with Crippen LogP contribution >= 0.6 is 0 Å². The van der Waals surface area contributed by atoms with Gasteiger partial charge in [0, 0.05) is 12.7 Å². The number of aliphatic carboxylic acids is 1. The van der Waals surface area contributed by atoms with E-state index in [-0.39, 0.29) is 12.5 Å². The number of hydrogen-bond donors (Lipinski definition) is 3. The fourth-order valence-corrected chi connectivity index (χ4v) is 0.847. The van der Waals surface area contributed by atoms with Gasteiger partial charge in [0.15, 0.2) is 0 Å². The van der Waals surface area contributed by atoms with E-state index < -0.39 is 5.97 Å². The van der Waals surface area contributed by atoms with Crippen molar-refractivity contribution in [3.63, 3.8) is 0 Å². The first kappa shape index (κ1) is 13.1. The fraction of sp³-hybridized carbons (Fsp3) is 0.200. The predicted octanol–water partition coefficient (Wildman–Crippen LogP) is 0.109. The molecular formula is C10H13NO4. The molecule has 1 rings (SSSR count). The maximum Gasteiger partial charge on any atom is 0.322 e. The molecular weight excluding hydrogens is 198 g/mol. The zero-order valence-corrected chi connectivity index (χ0v) is 8.30. The molecule has 0 aliphatic carbocycles. The number of carbonyl (C=O) groups excluding carboxylic acids is 1. The van der Waals surface area contributed by atoms with Gasteiger partial charge in [-0.3, -0.25) is 9.59 Å². The Morgan fingerprint density at radius 1 is 1.20 bits per heavy atom. The number of carbonyl (C=O) groups is 2. The molecule has 0 heterocycles. The van der Waals surface area contributed by atoms with Crippen molar-refractivity contribution in [3.05, 3.63) is 35.9 Å². The highest BCUT2D eigenvalue weighted by Crippen LogP contribution is 1.96. The molecule has 0 aromatic heterocycles. The molecule has 0 fully saturated rings. The highest BCUT2D eigenvalue weighted by Gasteiger charge is 2.04. The van der Waals surface area contributed by atoms with E-state index in [1.54, 1.807) is 30.3 Å². The Labute approximate surface area is 87.4 Å². The first-order valence-electron chi connectivity index (χ1n) is 4.20. The molecule has 0 atom stereocenters. The Hall–Kier alpha value is -1.88. The lowest BCUT2D eigenvalue weighted by atomic mass is 10.2. The summed E-state index contributed by atoms with van der Waals surface area (Å²) in [6.45, 7) is -0.353. The van der Waals surface area contributed by atoms with Crippen LogP contribution in [0.4, 0.5) is 0 Å². The molecule has 82 valence electrons. The molecule has 0 radical (unpaired) electrons. The van der Waals surface area contributed by atoms with E-state index in [4.69, 9.17) is 10.2 Å². The van der Waals surface area contributed by atoms with E-state index in [1.165, 1.54) is 0 Å². The smallest absolute Gasteiger partial charge is 0.322 e. The van der Waals surface area contributed by atoms with E-state index in [9.17, 15) is 9.59 Å². The molecule has 3 N–H and O–H groups in total. The van der Waals surface area contributed by atoms with Gasteiger partial charge in [0.1, 0.15) is 6.54 Å². The lowest BCUT2D eigenvalue weighted by Crippen LogP contribution is -2.29.